The Kier molecular flexibility index (Phi) is 2.98. The topological polar surface area (TPSA) is 74.2 Å². The van der Waals surface area contributed by atoms with Crippen molar-refractivity contribution in [2.75, 3.05) is 5.73 Å². The molecule has 1 aromatic heterocycles. The van der Waals surface area contributed by atoms with Crippen LogP contribution in [0.1, 0.15) is 5.56 Å². The summed E-state index contributed by atoms with van der Waals surface area (Å²) < 4.78 is 52.2. The Morgan fingerprint density at radius 3 is 2.47 bits per heavy atom. The average Bonchev–Trinajstić information content (AvgIpc) is 2.10. The summed E-state index contributed by atoms with van der Waals surface area (Å²) in [6.07, 6.45) is -4.22. The molecule has 0 fully saturated rings. The molecule has 1 aromatic rings. The van der Waals surface area contributed by atoms with Crippen molar-refractivity contribution in [3.05, 3.63) is 17.7 Å². The Morgan fingerprint density at radius 1 is 1.40 bits per heavy atom. The number of halogens is 4. The number of pyridine rings is 1. The van der Waals surface area contributed by atoms with Crippen LogP contribution in [0.25, 0.3) is 0 Å². The first-order valence-corrected chi connectivity index (χ1v) is 3.74. The maximum absolute atomic E-state index is 12.9. The smallest absolute Gasteiger partial charge is 0.403 e. The summed E-state index contributed by atoms with van der Waals surface area (Å²) in [5, 5.41) is 0. The quantitative estimate of drug-likeness (QED) is 0.585. The first-order chi connectivity index (χ1) is 6.85. The van der Waals surface area contributed by atoms with Crippen LogP contribution in [-0.2, 0) is 6.54 Å². The number of nitrogens with zero attached hydrogens (tertiary/aromatic N) is 1. The molecule has 1 heterocycles. The molecule has 15 heavy (non-hydrogen) atoms. The van der Waals surface area contributed by atoms with E-state index in [0.717, 1.165) is 6.20 Å². The Hall–Kier alpha value is -1.57. The molecule has 84 valence electrons. The second-order valence-corrected chi connectivity index (χ2v) is 2.56. The third kappa shape index (κ3) is 2.69. The van der Waals surface area contributed by atoms with Crippen molar-refractivity contribution < 1.29 is 22.3 Å². The van der Waals surface area contributed by atoms with Crippen molar-refractivity contribution in [3.8, 4) is 5.75 Å². The van der Waals surface area contributed by atoms with Crippen LogP contribution < -0.4 is 16.2 Å². The number of anilines is 1. The van der Waals surface area contributed by atoms with Gasteiger partial charge >= 0.3 is 6.36 Å². The number of hydrogen-bond donors (Lipinski definition) is 2. The van der Waals surface area contributed by atoms with Gasteiger partial charge in [0.25, 0.3) is 0 Å². The van der Waals surface area contributed by atoms with Gasteiger partial charge in [-0.2, -0.15) is 4.39 Å². The fourth-order valence-corrected chi connectivity index (χ4v) is 0.944. The molecule has 4 N–H and O–H groups in total. The van der Waals surface area contributed by atoms with Crippen LogP contribution >= 0.6 is 0 Å². The third-order valence-corrected chi connectivity index (χ3v) is 1.52. The summed E-state index contributed by atoms with van der Waals surface area (Å²) in [4.78, 5) is 3.12. The molecule has 0 bridgehead atoms. The predicted molar refractivity (Wildman–Crippen MR) is 43.2 cm³/mol. The SMILES string of the molecule is NCc1c(F)ncc(N)c1OC(F)(F)F. The van der Waals surface area contributed by atoms with E-state index >= 15 is 0 Å². The van der Waals surface area contributed by atoms with Gasteiger partial charge in [0, 0.05) is 6.54 Å². The van der Waals surface area contributed by atoms with Crippen molar-refractivity contribution in [2.45, 2.75) is 12.9 Å². The van der Waals surface area contributed by atoms with E-state index in [-0.39, 0.29) is 0 Å². The molecule has 1 rings (SSSR count). The van der Waals surface area contributed by atoms with E-state index in [4.69, 9.17) is 11.5 Å². The zero-order chi connectivity index (χ0) is 11.6. The maximum atomic E-state index is 12.9. The molecule has 0 aliphatic rings. The highest BCUT2D eigenvalue weighted by Crippen LogP contribution is 2.32. The fourth-order valence-electron chi connectivity index (χ4n) is 0.944. The summed E-state index contributed by atoms with van der Waals surface area (Å²) >= 11 is 0. The standard InChI is InChI=1S/C7H7F4N3O/c8-6-3(1-12)5(4(13)2-14-6)15-7(9,10)11/h2H,1,12-13H2. The summed E-state index contributed by atoms with van der Waals surface area (Å²) in [6, 6.07) is 0. The highest BCUT2D eigenvalue weighted by Gasteiger charge is 2.33. The van der Waals surface area contributed by atoms with Gasteiger partial charge in [0.05, 0.1) is 17.4 Å². The molecule has 0 aromatic carbocycles. The van der Waals surface area contributed by atoms with E-state index < -0.39 is 35.9 Å². The molecule has 4 nitrogen and oxygen atoms in total. The summed E-state index contributed by atoms with van der Waals surface area (Å²) in [6.45, 7) is -0.491. The number of hydrogen-bond acceptors (Lipinski definition) is 4. The minimum atomic E-state index is -4.95. The van der Waals surface area contributed by atoms with Crippen LogP contribution in [0, 0.1) is 5.95 Å². The average molecular weight is 225 g/mol. The van der Waals surface area contributed by atoms with E-state index in [1.807, 2.05) is 0 Å². The zero-order valence-corrected chi connectivity index (χ0v) is 7.31. The molecule has 0 spiro atoms. The monoisotopic (exact) mass is 225 g/mol. The van der Waals surface area contributed by atoms with Crippen LogP contribution in [0.4, 0.5) is 23.2 Å². The Balaban J connectivity index is 3.20. The Bertz CT molecular complexity index is 366. The summed E-state index contributed by atoms with van der Waals surface area (Å²) in [5.41, 5.74) is 9.29. The molecule has 0 saturated carbocycles. The lowest BCUT2D eigenvalue weighted by Gasteiger charge is -2.14. The van der Waals surface area contributed by atoms with Gasteiger partial charge in [-0.1, -0.05) is 0 Å². The van der Waals surface area contributed by atoms with Crippen molar-refractivity contribution >= 4 is 5.69 Å². The fraction of sp³-hybridized carbons (Fsp3) is 0.286. The summed E-state index contributed by atoms with van der Waals surface area (Å²) in [7, 11) is 0. The number of nitrogens with two attached hydrogens (primary N) is 2. The molecule has 0 atom stereocenters. The number of alkyl halides is 3. The first kappa shape index (κ1) is 11.5. The zero-order valence-electron chi connectivity index (χ0n) is 7.31. The molecule has 0 aliphatic carbocycles. The van der Waals surface area contributed by atoms with Gasteiger partial charge in [-0.05, 0) is 0 Å². The third-order valence-electron chi connectivity index (χ3n) is 1.52. The number of ether oxygens (including phenoxy) is 1. The lowest BCUT2D eigenvalue weighted by molar-refractivity contribution is -0.274. The molecule has 0 radical (unpaired) electrons. The summed E-state index contributed by atoms with van der Waals surface area (Å²) in [5.74, 6) is -1.97. The molecular weight excluding hydrogens is 218 g/mol. The Labute approximate surface area is 81.8 Å². The Morgan fingerprint density at radius 2 is 2.00 bits per heavy atom. The largest absolute Gasteiger partial charge is 0.573 e. The van der Waals surface area contributed by atoms with Crippen LogP contribution in [0.15, 0.2) is 6.20 Å². The lowest BCUT2D eigenvalue weighted by atomic mass is 10.2. The minimum Gasteiger partial charge on any atom is -0.403 e. The van der Waals surface area contributed by atoms with Gasteiger partial charge in [0.15, 0.2) is 5.75 Å². The van der Waals surface area contributed by atoms with Crippen molar-refractivity contribution in [1.82, 2.24) is 4.98 Å². The van der Waals surface area contributed by atoms with Gasteiger partial charge in [-0.3, -0.25) is 0 Å². The van der Waals surface area contributed by atoms with Gasteiger partial charge < -0.3 is 16.2 Å². The second kappa shape index (κ2) is 3.89. The van der Waals surface area contributed by atoms with Crippen LogP contribution in [-0.4, -0.2) is 11.3 Å². The molecule has 0 aliphatic heterocycles. The predicted octanol–water partition coefficient (Wildman–Crippen LogP) is 1.16. The van der Waals surface area contributed by atoms with E-state index in [1.165, 1.54) is 0 Å². The molecule has 0 amide bonds. The lowest BCUT2D eigenvalue weighted by Crippen LogP contribution is -2.20. The van der Waals surface area contributed by atoms with Crippen LogP contribution in [0.3, 0.4) is 0 Å². The van der Waals surface area contributed by atoms with Crippen LogP contribution in [0.2, 0.25) is 0 Å². The molecule has 8 heteroatoms. The molecular formula is C7H7F4N3O. The minimum absolute atomic E-state index is 0.422. The number of aromatic nitrogens is 1. The molecule has 0 unspecified atom stereocenters. The second-order valence-electron chi connectivity index (χ2n) is 2.56. The van der Waals surface area contributed by atoms with Crippen molar-refractivity contribution in [3.63, 3.8) is 0 Å². The van der Waals surface area contributed by atoms with Gasteiger partial charge in [0.1, 0.15) is 0 Å². The van der Waals surface area contributed by atoms with Crippen LogP contribution in [0.5, 0.6) is 5.75 Å². The van der Waals surface area contributed by atoms with Crippen molar-refractivity contribution in [1.29, 1.82) is 0 Å². The number of nitrogen functional groups attached to an aromatic ring is 1. The maximum Gasteiger partial charge on any atom is 0.573 e. The normalized spacial score (nSPS) is 11.5. The first-order valence-electron chi connectivity index (χ1n) is 3.74. The van der Waals surface area contributed by atoms with E-state index in [2.05, 4.69) is 9.72 Å². The van der Waals surface area contributed by atoms with E-state index in [1.54, 1.807) is 0 Å². The van der Waals surface area contributed by atoms with E-state index in [9.17, 15) is 17.6 Å². The molecule has 0 saturated heterocycles. The van der Waals surface area contributed by atoms with Gasteiger partial charge in [-0.25, -0.2) is 4.98 Å². The number of rotatable bonds is 2. The highest BCUT2D eigenvalue weighted by molar-refractivity contribution is 5.55. The van der Waals surface area contributed by atoms with Crippen molar-refractivity contribution in [2.24, 2.45) is 5.73 Å². The van der Waals surface area contributed by atoms with Gasteiger partial charge in [0.2, 0.25) is 5.95 Å². The highest BCUT2D eigenvalue weighted by atomic mass is 19.4. The van der Waals surface area contributed by atoms with Gasteiger partial charge in [-0.15, -0.1) is 13.2 Å². The van der Waals surface area contributed by atoms with E-state index in [0.29, 0.717) is 0 Å².